The van der Waals surface area contributed by atoms with Crippen molar-refractivity contribution in [1.82, 2.24) is 0 Å². The summed E-state index contributed by atoms with van der Waals surface area (Å²) in [6.07, 6.45) is 0.264. The quantitative estimate of drug-likeness (QED) is 0.432. The van der Waals surface area contributed by atoms with Gasteiger partial charge in [0, 0.05) is 19.9 Å². The first-order chi connectivity index (χ1) is 6.59. The minimum atomic E-state index is -2.96. The molecular formula is C9H15NNaO3P. The summed E-state index contributed by atoms with van der Waals surface area (Å²) >= 11 is 0. The second-order valence-corrected chi connectivity index (χ2v) is 5.14. The van der Waals surface area contributed by atoms with Gasteiger partial charge in [-0.25, -0.2) is 0 Å². The molecule has 0 aliphatic heterocycles. The van der Waals surface area contributed by atoms with E-state index in [1.54, 1.807) is 24.3 Å². The van der Waals surface area contributed by atoms with Crippen molar-refractivity contribution >= 4 is 13.3 Å². The first-order valence-corrected chi connectivity index (χ1v) is 5.87. The van der Waals surface area contributed by atoms with Crippen molar-refractivity contribution in [3.63, 3.8) is 0 Å². The maximum absolute atomic E-state index is 11.7. The predicted molar refractivity (Wildman–Crippen MR) is 57.3 cm³/mol. The van der Waals surface area contributed by atoms with Crippen molar-refractivity contribution in [1.29, 1.82) is 0 Å². The van der Waals surface area contributed by atoms with Gasteiger partial charge in [-0.3, -0.25) is 4.57 Å². The molecule has 0 saturated carbocycles. The summed E-state index contributed by atoms with van der Waals surface area (Å²) < 4.78 is 21.4. The molecule has 0 heterocycles. The zero-order valence-corrected chi connectivity index (χ0v) is 12.2. The molecule has 15 heavy (non-hydrogen) atoms. The van der Waals surface area contributed by atoms with E-state index >= 15 is 0 Å². The van der Waals surface area contributed by atoms with Gasteiger partial charge in [0.25, 0.3) is 0 Å². The first kappa shape index (κ1) is 15.2. The van der Waals surface area contributed by atoms with E-state index in [0.717, 1.165) is 5.56 Å². The second-order valence-electron chi connectivity index (χ2n) is 2.88. The SMILES string of the molecule is COP(=O)(Cc1ccc(N)cc1)OC.[H-].[Na+]. The smallest absolute Gasteiger partial charge is 1.00 e. The van der Waals surface area contributed by atoms with E-state index in [2.05, 4.69) is 0 Å². The first-order valence-electron chi connectivity index (χ1n) is 4.14. The Bertz CT molecular complexity index is 339. The Morgan fingerprint density at radius 1 is 1.27 bits per heavy atom. The van der Waals surface area contributed by atoms with Crippen LogP contribution in [-0.4, -0.2) is 14.2 Å². The van der Waals surface area contributed by atoms with Crippen molar-refractivity contribution in [2.24, 2.45) is 0 Å². The number of benzene rings is 1. The van der Waals surface area contributed by atoms with Gasteiger partial charge in [-0.15, -0.1) is 0 Å². The monoisotopic (exact) mass is 239 g/mol. The number of nitrogens with two attached hydrogens (primary N) is 1. The van der Waals surface area contributed by atoms with Gasteiger partial charge in [0.1, 0.15) is 0 Å². The van der Waals surface area contributed by atoms with Crippen LogP contribution in [0.15, 0.2) is 24.3 Å². The molecule has 0 atom stereocenters. The standard InChI is InChI=1S/C9H14NO3P.Na.H/c1-12-14(11,13-2)7-8-3-5-9(10)6-4-8;;/h3-6H,7,10H2,1-2H3;;/q;+1;-1. The van der Waals surface area contributed by atoms with E-state index in [1.165, 1.54) is 14.2 Å². The van der Waals surface area contributed by atoms with Gasteiger partial charge < -0.3 is 16.2 Å². The summed E-state index contributed by atoms with van der Waals surface area (Å²) in [5, 5.41) is 0. The van der Waals surface area contributed by atoms with Crippen molar-refractivity contribution in [3.8, 4) is 0 Å². The van der Waals surface area contributed by atoms with Crippen LogP contribution in [0.4, 0.5) is 5.69 Å². The van der Waals surface area contributed by atoms with Gasteiger partial charge in [0.15, 0.2) is 0 Å². The van der Waals surface area contributed by atoms with Crippen LogP contribution in [0.5, 0.6) is 0 Å². The third-order valence-corrected chi connectivity index (χ3v) is 3.78. The van der Waals surface area contributed by atoms with Gasteiger partial charge in [0.05, 0.1) is 6.16 Å². The zero-order chi connectivity index (χ0) is 10.6. The molecule has 80 valence electrons. The van der Waals surface area contributed by atoms with Gasteiger partial charge in [-0.2, -0.15) is 0 Å². The maximum atomic E-state index is 11.7. The molecule has 1 aromatic rings. The Balaban J connectivity index is 0. The third kappa shape index (κ3) is 4.68. The summed E-state index contributed by atoms with van der Waals surface area (Å²) in [6.45, 7) is 0. The minimum Gasteiger partial charge on any atom is -1.00 e. The Kier molecular flexibility index (Phi) is 6.76. The van der Waals surface area contributed by atoms with Crippen LogP contribution in [0.1, 0.15) is 6.99 Å². The van der Waals surface area contributed by atoms with Gasteiger partial charge in [-0.1, -0.05) is 12.1 Å². The Morgan fingerprint density at radius 2 is 1.73 bits per heavy atom. The molecule has 0 amide bonds. The van der Waals surface area contributed by atoms with E-state index in [4.69, 9.17) is 14.8 Å². The van der Waals surface area contributed by atoms with Crippen LogP contribution in [0.2, 0.25) is 0 Å². The van der Waals surface area contributed by atoms with Crippen LogP contribution in [0, 0.1) is 0 Å². The van der Waals surface area contributed by atoms with E-state index < -0.39 is 7.60 Å². The molecule has 2 N–H and O–H groups in total. The molecule has 1 aromatic carbocycles. The zero-order valence-electron chi connectivity index (χ0n) is 10.3. The molecule has 0 aliphatic rings. The number of hydrogen-bond acceptors (Lipinski definition) is 4. The fourth-order valence-electron chi connectivity index (χ4n) is 1.05. The number of anilines is 1. The molecule has 0 bridgehead atoms. The topological polar surface area (TPSA) is 61.5 Å². The average Bonchev–Trinajstić information content (AvgIpc) is 2.21. The van der Waals surface area contributed by atoms with Crippen molar-refractivity contribution in [2.75, 3.05) is 20.0 Å². The van der Waals surface area contributed by atoms with Crippen molar-refractivity contribution in [2.45, 2.75) is 6.16 Å². The number of nitrogen functional groups attached to an aromatic ring is 1. The molecule has 0 aromatic heterocycles. The van der Waals surface area contributed by atoms with Crippen molar-refractivity contribution < 1.29 is 44.6 Å². The molecule has 0 saturated heterocycles. The summed E-state index contributed by atoms with van der Waals surface area (Å²) in [5.74, 6) is 0. The molecule has 1 rings (SSSR count). The van der Waals surface area contributed by atoms with E-state index in [0.29, 0.717) is 5.69 Å². The van der Waals surface area contributed by atoms with Crippen LogP contribution in [0.3, 0.4) is 0 Å². The van der Waals surface area contributed by atoms with E-state index in [-0.39, 0.29) is 37.1 Å². The molecule has 0 unspecified atom stereocenters. The predicted octanol–water partition coefficient (Wildman–Crippen LogP) is -0.629. The molecule has 4 nitrogen and oxygen atoms in total. The molecule has 0 spiro atoms. The van der Waals surface area contributed by atoms with Crippen LogP contribution in [-0.2, 0) is 19.8 Å². The largest absolute Gasteiger partial charge is 1.00 e. The molecule has 0 aliphatic carbocycles. The van der Waals surface area contributed by atoms with Crippen molar-refractivity contribution in [3.05, 3.63) is 29.8 Å². The van der Waals surface area contributed by atoms with E-state index in [1.807, 2.05) is 0 Å². The summed E-state index contributed by atoms with van der Waals surface area (Å²) in [5.41, 5.74) is 7.08. The van der Waals surface area contributed by atoms with Crippen LogP contribution in [0.25, 0.3) is 0 Å². The van der Waals surface area contributed by atoms with Gasteiger partial charge >= 0.3 is 37.2 Å². The Morgan fingerprint density at radius 3 is 2.13 bits per heavy atom. The number of rotatable bonds is 4. The molecule has 0 radical (unpaired) electrons. The fraction of sp³-hybridized carbons (Fsp3) is 0.333. The van der Waals surface area contributed by atoms with Crippen LogP contribution >= 0.6 is 7.60 Å². The third-order valence-electron chi connectivity index (χ3n) is 1.91. The van der Waals surface area contributed by atoms with Gasteiger partial charge in [-0.05, 0) is 17.7 Å². The normalized spacial score (nSPS) is 10.8. The maximum Gasteiger partial charge on any atom is 1.00 e. The Labute approximate surface area is 113 Å². The summed E-state index contributed by atoms with van der Waals surface area (Å²) in [7, 11) is -0.206. The van der Waals surface area contributed by atoms with Gasteiger partial charge in [0.2, 0.25) is 0 Å². The summed E-state index contributed by atoms with van der Waals surface area (Å²) in [4.78, 5) is 0. The number of hydrogen-bond donors (Lipinski definition) is 1. The molecule has 6 heteroatoms. The second kappa shape index (κ2) is 6.69. The Hall–Kier alpha value is 0.170. The average molecular weight is 239 g/mol. The fourth-order valence-corrected chi connectivity index (χ4v) is 2.12. The van der Waals surface area contributed by atoms with Crippen LogP contribution < -0.4 is 35.3 Å². The molecule has 0 fully saturated rings. The molecular weight excluding hydrogens is 224 g/mol. The van der Waals surface area contributed by atoms with E-state index in [9.17, 15) is 4.57 Å². The summed E-state index contributed by atoms with van der Waals surface area (Å²) in [6, 6.07) is 7.12. The minimum absolute atomic E-state index is 0.